The van der Waals surface area contributed by atoms with Crippen molar-refractivity contribution in [1.29, 1.82) is 0 Å². The highest BCUT2D eigenvalue weighted by Crippen LogP contribution is 2.15. The first-order valence-electron chi connectivity index (χ1n) is 4.87. The van der Waals surface area contributed by atoms with Crippen molar-refractivity contribution in [3.05, 3.63) is 29.6 Å². The minimum atomic E-state index is -0.515. The van der Waals surface area contributed by atoms with E-state index in [4.69, 9.17) is 9.47 Å². The van der Waals surface area contributed by atoms with Crippen molar-refractivity contribution in [2.45, 2.75) is 6.92 Å². The second kappa shape index (κ2) is 5.95. The van der Waals surface area contributed by atoms with E-state index in [0.717, 1.165) is 0 Å². The van der Waals surface area contributed by atoms with Crippen LogP contribution in [0.2, 0.25) is 0 Å². The minimum Gasteiger partial charge on any atom is -0.490 e. The van der Waals surface area contributed by atoms with Crippen molar-refractivity contribution in [2.24, 2.45) is 0 Å². The maximum atomic E-state index is 13.1. The van der Waals surface area contributed by atoms with Gasteiger partial charge in [-0.2, -0.15) is 0 Å². The van der Waals surface area contributed by atoms with Gasteiger partial charge in [-0.25, -0.2) is 9.18 Å². The summed E-state index contributed by atoms with van der Waals surface area (Å²) in [5.41, 5.74) is 0.564. The molecule has 0 bridgehead atoms. The zero-order valence-electron chi connectivity index (χ0n) is 9.25. The number of benzene rings is 1. The van der Waals surface area contributed by atoms with Crippen LogP contribution in [0.4, 0.5) is 9.18 Å². The molecule has 0 unspecified atom stereocenters. The van der Waals surface area contributed by atoms with Gasteiger partial charge in [0.2, 0.25) is 0 Å². The van der Waals surface area contributed by atoms with Gasteiger partial charge in [0.05, 0.1) is 0 Å². The molecular formula is C11H14FNO3. The van der Waals surface area contributed by atoms with E-state index in [0.29, 0.717) is 11.3 Å². The molecular weight excluding hydrogens is 213 g/mol. The van der Waals surface area contributed by atoms with E-state index >= 15 is 0 Å². The fourth-order valence-electron chi connectivity index (χ4n) is 1.03. The predicted octanol–water partition coefficient (Wildman–Crippen LogP) is 1.87. The monoisotopic (exact) mass is 227 g/mol. The lowest BCUT2D eigenvalue weighted by Gasteiger charge is -2.07. The van der Waals surface area contributed by atoms with Gasteiger partial charge in [0.15, 0.2) is 0 Å². The Morgan fingerprint density at radius 3 is 2.81 bits per heavy atom. The van der Waals surface area contributed by atoms with Crippen LogP contribution in [0.1, 0.15) is 5.56 Å². The fourth-order valence-corrected chi connectivity index (χ4v) is 1.03. The molecule has 0 radical (unpaired) electrons. The highest BCUT2D eigenvalue weighted by molar-refractivity contribution is 5.66. The van der Waals surface area contributed by atoms with Crippen LogP contribution >= 0.6 is 0 Å². The third-order valence-electron chi connectivity index (χ3n) is 1.93. The van der Waals surface area contributed by atoms with E-state index in [1.165, 1.54) is 13.1 Å². The number of carbonyl (C=O) groups excluding carboxylic acids is 1. The average molecular weight is 227 g/mol. The van der Waals surface area contributed by atoms with Crippen LogP contribution < -0.4 is 10.1 Å². The van der Waals surface area contributed by atoms with Crippen molar-refractivity contribution in [3.8, 4) is 5.75 Å². The van der Waals surface area contributed by atoms with Crippen molar-refractivity contribution in [1.82, 2.24) is 5.32 Å². The summed E-state index contributed by atoms with van der Waals surface area (Å²) in [6.07, 6.45) is -0.515. The molecule has 0 aliphatic rings. The Bertz CT molecular complexity index is 368. The lowest BCUT2D eigenvalue weighted by Crippen LogP contribution is -2.21. The van der Waals surface area contributed by atoms with Gasteiger partial charge in [0.25, 0.3) is 0 Å². The summed E-state index contributed by atoms with van der Waals surface area (Å²) in [6, 6.07) is 4.60. The number of aryl methyl sites for hydroxylation is 1. The predicted molar refractivity (Wildman–Crippen MR) is 57.0 cm³/mol. The molecule has 0 saturated carbocycles. The van der Waals surface area contributed by atoms with E-state index in [1.54, 1.807) is 19.1 Å². The SMILES string of the molecule is CNC(=O)OCCOc1ccc(C)c(F)c1. The zero-order valence-corrected chi connectivity index (χ0v) is 9.25. The molecule has 0 spiro atoms. The van der Waals surface area contributed by atoms with Crippen molar-refractivity contribution < 1.29 is 18.7 Å². The number of rotatable bonds is 4. The highest BCUT2D eigenvalue weighted by Gasteiger charge is 2.01. The van der Waals surface area contributed by atoms with Crippen LogP contribution in [-0.4, -0.2) is 26.4 Å². The van der Waals surface area contributed by atoms with Gasteiger partial charge in [-0.3, -0.25) is 0 Å². The Labute approximate surface area is 93.4 Å². The number of hydrogen-bond donors (Lipinski definition) is 1. The summed E-state index contributed by atoms with van der Waals surface area (Å²) < 4.78 is 23.0. The van der Waals surface area contributed by atoms with Crippen LogP contribution in [-0.2, 0) is 4.74 Å². The third kappa shape index (κ3) is 3.76. The first-order chi connectivity index (χ1) is 7.63. The summed E-state index contributed by atoms with van der Waals surface area (Å²) in [5, 5.41) is 2.30. The molecule has 0 saturated heterocycles. The zero-order chi connectivity index (χ0) is 12.0. The number of carbonyl (C=O) groups is 1. The van der Waals surface area contributed by atoms with Crippen molar-refractivity contribution in [2.75, 3.05) is 20.3 Å². The molecule has 0 fully saturated rings. The van der Waals surface area contributed by atoms with Gasteiger partial charge in [0, 0.05) is 13.1 Å². The third-order valence-corrected chi connectivity index (χ3v) is 1.93. The van der Waals surface area contributed by atoms with E-state index in [2.05, 4.69) is 5.32 Å². The van der Waals surface area contributed by atoms with Crippen LogP contribution in [0, 0.1) is 12.7 Å². The molecule has 0 atom stereocenters. The molecule has 0 aliphatic heterocycles. The molecule has 0 aliphatic carbocycles. The molecule has 16 heavy (non-hydrogen) atoms. The number of alkyl carbamates (subject to hydrolysis) is 1. The number of hydrogen-bond acceptors (Lipinski definition) is 3. The summed E-state index contributed by atoms with van der Waals surface area (Å²) in [5.74, 6) is 0.105. The Morgan fingerprint density at radius 2 is 2.19 bits per heavy atom. The summed E-state index contributed by atoms with van der Waals surface area (Å²) in [4.78, 5) is 10.7. The van der Waals surface area contributed by atoms with E-state index in [9.17, 15) is 9.18 Å². The first-order valence-corrected chi connectivity index (χ1v) is 4.87. The van der Waals surface area contributed by atoms with E-state index in [1.807, 2.05) is 0 Å². The van der Waals surface area contributed by atoms with Crippen LogP contribution in [0.5, 0.6) is 5.75 Å². The fraction of sp³-hybridized carbons (Fsp3) is 0.364. The number of halogens is 1. The largest absolute Gasteiger partial charge is 0.490 e. The lowest BCUT2D eigenvalue weighted by atomic mass is 10.2. The van der Waals surface area contributed by atoms with Crippen molar-refractivity contribution >= 4 is 6.09 Å². The lowest BCUT2D eigenvalue weighted by molar-refractivity contribution is 0.127. The summed E-state index contributed by atoms with van der Waals surface area (Å²) >= 11 is 0. The van der Waals surface area contributed by atoms with Gasteiger partial charge in [-0.1, -0.05) is 6.07 Å². The highest BCUT2D eigenvalue weighted by atomic mass is 19.1. The first kappa shape index (κ1) is 12.3. The minimum absolute atomic E-state index is 0.120. The summed E-state index contributed by atoms with van der Waals surface area (Å²) in [6.45, 7) is 1.99. The summed E-state index contributed by atoms with van der Waals surface area (Å²) in [7, 11) is 1.47. The van der Waals surface area contributed by atoms with Gasteiger partial charge < -0.3 is 14.8 Å². The molecule has 1 aromatic carbocycles. The number of ether oxygens (including phenoxy) is 2. The Balaban J connectivity index is 2.32. The second-order valence-corrected chi connectivity index (χ2v) is 3.15. The number of amides is 1. The average Bonchev–Trinajstić information content (AvgIpc) is 2.28. The molecule has 88 valence electrons. The molecule has 1 aromatic rings. The van der Waals surface area contributed by atoms with Crippen molar-refractivity contribution in [3.63, 3.8) is 0 Å². The topological polar surface area (TPSA) is 47.6 Å². The van der Waals surface area contributed by atoms with Crippen LogP contribution in [0.15, 0.2) is 18.2 Å². The number of nitrogens with one attached hydrogen (secondary N) is 1. The molecule has 1 N–H and O–H groups in total. The van der Waals surface area contributed by atoms with E-state index < -0.39 is 6.09 Å². The normalized spacial score (nSPS) is 9.69. The molecule has 1 amide bonds. The molecule has 4 nitrogen and oxygen atoms in total. The standard InChI is InChI=1S/C11H14FNO3/c1-8-3-4-9(7-10(8)12)15-5-6-16-11(14)13-2/h3-4,7H,5-6H2,1-2H3,(H,13,14). The molecule has 1 rings (SSSR count). The van der Waals surface area contributed by atoms with Crippen LogP contribution in [0.3, 0.4) is 0 Å². The Morgan fingerprint density at radius 1 is 1.44 bits per heavy atom. The second-order valence-electron chi connectivity index (χ2n) is 3.15. The Hall–Kier alpha value is -1.78. The maximum absolute atomic E-state index is 13.1. The molecule has 0 heterocycles. The molecule has 0 aromatic heterocycles. The van der Waals surface area contributed by atoms with Gasteiger partial charge in [-0.05, 0) is 18.6 Å². The van der Waals surface area contributed by atoms with Gasteiger partial charge in [-0.15, -0.1) is 0 Å². The van der Waals surface area contributed by atoms with E-state index in [-0.39, 0.29) is 19.0 Å². The van der Waals surface area contributed by atoms with Gasteiger partial charge >= 0.3 is 6.09 Å². The maximum Gasteiger partial charge on any atom is 0.406 e. The van der Waals surface area contributed by atoms with Crippen LogP contribution in [0.25, 0.3) is 0 Å². The smallest absolute Gasteiger partial charge is 0.406 e. The quantitative estimate of drug-likeness (QED) is 0.799. The Kier molecular flexibility index (Phi) is 4.57. The molecule has 5 heteroatoms. The van der Waals surface area contributed by atoms with Gasteiger partial charge in [0.1, 0.15) is 24.8 Å².